The minimum absolute atomic E-state index is 0.00145. The van der Waals surface area contributed by atoms with E-state index in [1.165, 1.54) is 43.3 Å². The molecular weight excluding hydrogens is 517 g/mol. The van der Waals surface area contributed by atoms with Gasteiger partial charge in [0.15, 0.2) is 17.5 Å². The third kappa shape index (κ3) is 5.20. The second-order valence-corrected chi connectivity index (χ2v) is 9.13. The van der Waals surface area contributed by atoms with Crippen LogP contribution in [0.25, 0.3) is 16.8 Å². The molecule has 0 bridgehead atoms. The molecule has 0 unspecified atom stereocenters. The molecule has 0 aliphatic heterocycles. The van der Waals surface area contributed by atoms with Gasteiger partial charge in [-0.15, -0.1) is 0 Å². The number of methoxy groups -OCH3 is 2. The van der Waals surface area contributed by atoms with Gasteiger partial charge in [-0.1, -0.05) is 0 Å². The van der Waals surface area contributed by atoms with E-state index in [1.807, 2.05) is 0 Å². The highest BCUT2D eigenvalue weighted by Gasteiger charge is 2.25. The summed E-state index contributed by atoms with van der Waals surface area (Å²) in [5.41, 5.74) is 0.387. The van der Waals surface area contributed by atoms with Crippen LogP contribution >= 0.6 is 0 Å². The number of sulfonamides is 1. The van der Waals surface area contributed by atoms with Gasteiger partial charge in [0.2, 0.25) is 11.6 Å². The first-order valence-electron chi connectivity index (χ1n) is 10.5. The highest BCUT2D eigenvalue weighted by atomic mass is 32.2. The van der Waals surface area contributed by atoms with Gasteiger partial charge in [0.25, 0.3) is 15.6 Å². The van der Waals surface area contributed by atoms with Crippen LogP contribution in [-0.2, 0) is 14.8 Å². The molecule has 194 valence electrons. The van der Waals surface area contributed by atoms with Gasteiger partial charge in [0.05, 0.1) is 19.9 Å². The number of aromatic nitrogens is 3. The van der Waals surface area contributed by atoms with Gasteiger partial charge in [-0.25, -0.2) is 31.6 Å². The molecule has 0 aliphatic rings. The van der Waals surface area contributed by atoms with Crippen LogP contribution < -0.4 is 19.8 Å². The van der Waals surface area contributed by atoms with Gasteiger partial charge in [-0.3, -0.25) is 13.9 Å². The number of hydrogen-bond acceptors (Lipinski definition) is 8. The molecule has 4 rings (SSSR count). The van der Waals surface area contributed by atoms with Crippen LogP contribution in [0, 0.1) is 17.5 Å². The molecule has 37 heavy (non-hydrogen) atoms. The van der Waals surface area contributed by atoms with Crippen molar-refractivity contribution in [3.8, 4) is 22.8 Å². The van der Waals surface area contributed by atoms with Crippen molar-refractivity contribution >= 4 is 21.4 Å². The molecule has 0 amide bonds. The first kappa shape index (κ1) is 25.9. The first-order valence-corrected chi connectivity index (χ1v) is 12.0. The third-order valence-corrected chi connectivity index (χ3v) is 6.51. The molecular formula is C23H19F3N4O6S. The Bertz CT molecular complexity index is 1650. The van der Waals surface area contributed by atoms with Gasteiger partial charge in [-0.05, 0) is 30.3 Å². The maximum absolute atomic E-state index is 14.2. The van der Waals surface area contributed by atoms with Gasteiger partial charge < -0.3 is 14.2 Å². The number of anilines is 1. The summed E-state index contributed by atoms with van der Waals surface area (Å²) >= 11 is 0. The number of pyridine rings is 2. The van der Waals surface area contributed by atoms with E-state index >= 15 is 0 Å². The SMILES string of the molecule is COCCOc1cnc2ccc(-c3cnc(OC)c(NS(=O)(=O)c4ccc(F)c(F)c4F)c3)cn2c1=O. The summed E-state index contributed by atoms with van der Waals surface area (Å²) in [4.78, 5) is 20.0. The highest BCUT2D eigenvalue weighted by molar-refractivity contribution is 7.92. The number of benzene rings is 1. The van der Waals surface area contributed by atoms with Gasteiger partial charge in [0, 0.05) is 30.6 Å². The molecule has 1 N–H and O–H groups in total. The van der Waals surface area contributed by atoms with E-state index < -0.39 is 37.9 Å². The first-order chi connectivity index (χ1) is 17.7. The molecule has 0 saturated carbocycles. The van der Waals surface area contributed by atoms with Crippen molar-refractivity contribution in [2.24, 2.45) is 0 Å². The minimum Gasteiger partial charge on any atom is -0.484 e. The van der Waals surface area contributed by atoms with E-state index in [9.17, 15) is 26.4 Å². The molecule has 0 fully saturated rings. The Morgan fingerprint density at radius 1 is 0.973 bits per heavy atom. The van der Waals surface area contributed by atoms with Gasteiger partial charge in [-0.2, -0.15) is 0 Å². The van der Waals surface area contributed by atoms with Crippen LogP contribution in [-0.4, -0.2) is 50.2 Å². The molecule has 0 aliphatic carbocycles. The number of nitrogens with one attached hydrogen (secondary N) is 1. The second kappa shape index (κ2) is 10.4. The Morgan fingerprint density at radius 3 is 2.49 bits per heavy atom. The number of fused-ring (bicyclic) bond motifs is 1. The fraction of sp³-hybridized carbons (Fsp3) is 0.174. The zero-order valence-corrected chi connectivity index (χ0v) is 20.2. The number of rotatable bonds is 9. The van der Waals surface area contributed by atoms with Gasteiger partial charge in [0.1, 0.15) is 22.8 Å². The molecule has 10 nitrogen and oxygen atoms in total. The summed E-state index contributed by atoms with van der Waals surface area (Å²) < 4.78 is 85.3. The highest BCUT2D eigenvalue weighted by Crippen LogP contribution is 2.31. The van der Waals surface area contributed by atoms with E-state index in [0.717, 1.165) is 0 Å². The fourth-order valence-corrected chi connectivity index (χ4v) is 4.44. The molecule has 14 heteroatoms. The lowest BCUT2D eigenvalue weighted by Crippen LogP contribution is -2.19. The van der Waals surface area contributed by atoms with Crippen molar-refractivity contribution in [2.75, 3.05) is 32.2 Å². The number of nitrogens with zero attached hydrogens (tertiary/aromatic N) is 3. The lowest BCUT2D eigenvalue weighted by Gasteiger charge is -2.14. The van der Waals surface area contributed by atoms with Crippen LogP contribution in [0.15, 0.2) is 58.6 Å². The molecule has 3 heterocycles. The summed E-state index contributed by atoms with van der Waals surface area (Å²) in [7, 11) is -2.00. The number of ether oxygens (including phenoxy) is 3. The Kier molecular flexibility index (Phi) is 7.31. The van der Waals surface area contributed by atoms with Crippen molar-refractivity contribution in [2.45, 2.75) is 4.90 Å². The molecule has 0 atom stereocenters. The van der Waals surface area contributed by atoms with E-state index in [-0.39, 0.29) is 30.5 Å². The Morgan fingerprint density at radius 2 is 1.76 bits per heavy atom. The smallest absolute Gasteiger partial charge is 0.300 e. The van der Waals surface area contributed by atoms with Crippen LogP contribution in [0.4, 0.5) is 18.9 Å². The normalized spacial score (nSPS) is 11.5. The zero-order valence-electron chi connectivity index (χ0n) is 19.4. The lowest BCUT2D eigenvalue weighted by atomic mass is 10.1. The quantitative estimate of drug-likeness (QED) is 0.256. The second-order valence-electron chi connectivity index (χ2n) is 7.47. The topological polar surface area (TPSA) is 121 Å². The van der Waals surface area contributed by atoms with E-state index in [4.69, 9.17) is 14.2 Å². The number of hydrogen-bond donors (Lipinski definition) is 1. The van der Waals surface area contributed by atoms with Crippen molar-refractivity contribution in [1.29, 1.82) is 0 Å². The summed E-state index contributed by atoms with van der Waals surface area (Å²) in [5, 5.41) is 0. The Balaban J connectivity index is 1.74. The maximum Gasteiger partial charge on any atom is 0.300 e. The van der Waals surface area contributed by atoms with Crippen LogP contribution in [0.3, 0.4) is 0 Å². The molecule has 3 aromatic heterocycles. The number of halogens is 3. The van der Waals surface area contributed by atoms with Crippen molar-refractivity contribution < 1.29 is 35.8 Å². The largest absolute Gasteiger partial charge is 0.484 e. The van der Waals surface area contributed by atoms with Crippen molar-refractivity contribution in [3.63, 3.8) is 0 Å². The van der Waals surface area contributed by atoms with E-state index in [1.54, 1.807) is 12.1 Å². The van der Waals surface area contributed by atoms with E-state index in [0.29, 0.717) is 28.9 Å². The molecule has 0 saturated heterocycles. The summed E-state index contributed by atoms with van der Waals surface area (Å²) in [6.07, 6.45) is 4.10. The molecule has 0 radical (unpaired) electrons. The maximum atomic E-state index is 14.2. The monoisotopic (exact) mass is 536 g/mol. The van der Waals surface area contributed by atoms with Crippen molar-refractivity contribution in [3.05, 3.63) is 76.7 Å². The fourth-order valence-electron chi connectivity index (χ4n) is 3.33. The lowest BCUT2D eigenvalue weighted by molar-refractivity contribution is 0.145. The average molecular weight is 536 g/mol. The Labute approximate surface area is 208 Å². The Hall–Kier alpha value is -4.17. The predicted molar refractivity (Wildman–Crippen MR) is 126 cm³/mol. The molecule has 0 spiro atoms. The zero-order chi connectivity index (χ0) is 26.7. The van der Waals surface area contributed by atoms with Crippen LogP contribution in [0.5, 0.6) is 11.6 Å². The summed E-state index contributed by atoms with van der Waals surface area (Å²) in [5.74, 6) is -5.51. The molecule has 1 aromatic carbocycles. The predicted octanol–water partition coefficient (Wildman–Crippen LogP) is 3.01. The van der Waals surface area contributed by atoms with Crippen molar-refractivity contribution in [1.82, 2.24) is 14.4 Å². The summed E-state index contributed by atoms with van der Waals surface area (Å²) in [6.45, 7) is 0.413. The van der Waals surface area contributed by atoms with Crippen LogP contribution in [0.1, 0.15) is 0 Å². The van der Waals surface area contributed by atoms with Crippen LogP contribution in [0.2, 0.25) is 0 Å². The third-order valence-electron chi connectivity index (χ3n) is 5.13. The summed E-state index contributed by atoms with van der Waals surface area (Å²) in [6, 6.07) is 5.58. The van der Waals surface area contributed by atoms with Gasteiger partial charge >= 0.3 is 0 Å². The molecule has 4 aromatic rings. The van der Waals surface area contributed by atoms with E-state index in [2.05, 4.69) is 14.7 Å². The minimum atomic E-state index is -4.72. The average Bonchev–Trinajstić information content (AvgIpc) is 2.88. The standard InChI is InChI=1S/C23H19F3N4O6S/c1-34-7-8-36-17-11-27-19-6-3-13(12-30(19)23(17)31)14-9-16(22(35-2)28-10-14)29-37(32,33)18-5-4-15(24)20(25)21(18)26/h3-6,9-12,29H,7-8H2,1-2H3.